The smallest absolute Gasteiger partial charge is 0.162 e. The first-order chi connectivity index (χ1) is 9.81. The normalized spacial score (nSPS) is 15.9. The first kappa shape index (κ1) is 11.2. The second-order valence-electron chi connectivity index (χ2n) is 4.64. The number of aliphatic hydroxyl groups excluding tert-OH is 1. The zero-order valence-corrected chi connectivity index (χ0v) is 10.4. The van der Waals surface area contributed by atoms with E-state index in [-0.39, 0.29) is 0 Å². The number of amidine groups is 1. The first-order valence-corrected chi connectivity index (χ1v) is 6.27. The summed E-state index contributed by atoms with van der Waals surface area (Å²) in [6.45, 7) is 0. The fourth-order valence-corrected chi connectivity index (χ4v) is 2.28. The standard InChI is InChI=1S/C15H10N4O/c20-14(9-4-2-1-3-5-9)15-17-12-6-10-8-16-19-11(10)7-13(12)18-15/h1-8,14,20H. The summed E-state index contributed by atoms with van der Waals surface area (Å²) >= 11 is 0. The molecule has 1 unspecified atom stereocenters. The maximum absolute atomic E-state index is 10.3. The number of aliphatic hydroxyl groups is 1. The molecule has 0 saturated carbocycles. The third-order valence-corrected chi connectivity index (χ3v) is 3.32. The van der Waals surface area contributed by atoms with E-state index >= 15 is 0 Å². The second kappa shape index (κ2) is 4.18. The highest BCUT2D eigenvalue weighted by molar-refractivity contribution is 5.92. The number of hydrogen-bond acceptors (Lipinski definition) is 5. The predicted molar refractivity (Wildman–Crippen MR) is 74.7 cm³/mol. The van der Waals surface area contributed by atoms with E-state index in [2.05, 4.69) is 20.2 Å². The summed E-state index contributed by atoms with van der Waals surface area (Å²) in [5, 5.41) is 19.8. The van der Waals surface area contributed by atoms with Crippen LogP contribution in [-0.4, -0.2) is 10.9 Å². The Kier molecular flexibility index (Phi) is 2.34. The molecule has 4 rings (SSSR count). The summed E-state index contributed by atoms with van der Waals surface area (Å²) < 4.78 is 0. The van der Waals surface area contributed by atoms with Gasteiger partial charge in [0, 0.05) is 5.22 Å². The van der Waals surface area contributed by atoms with Crippen LogP contribution in [0.3, 0.4) is 0 Å². The van der Waals surface area contributed by atoms with Gasteiger partial charge in [-0.15, -0.1) is 0 Å². The lowest BCUT2D eigenvalue weighted by molar-refractivity contribution is 0.246. The molecule has 5 nitrogen and oxygen atoms in total. The van der Waals surface area contributed by atoms with Crippen LogP contribution in [0.5, 0.6) is 0 Å². The molecule has 2 aliphatic heterocycles. The van der Waals surface area contributed by atoms with Crippen LogP contribution in [0.15, 0.2) is 62.7 Å². The van der Waals surface area contributed by atoms with E-state index in [1.54, 1.807) is 6.20 Å². The van der Waals surface area contributed by atoms with Gasteiger partial charge in [0.15, 0.2) is 5.84 Å². The molecule has 0 amide bonds. The summed E-state index contributed by atoms with van der Waals surface area (Å²) in [5.41, 5.74) is 2.32. The molecule has 2 aromatic rings. The third kappa shape index (κ3) is 1.68. The maximum Gasteiger partial charge on any atom is 0.162 e. The lowest BCUT2D eigenvalue weighted by Crippen LogP contribution is -2.10. The van der Waals surface area contributed by atoms with Crippen LogP contribution in [0.25, 0.3) is 6.20 Å². The Hall–Kier alpha value is -2.66. The number of benzene rings is 2. The molecule has 0 aliphatic carbocycles. The summed E-state index contributed by atoms with van der Waals surface area (Å²) in [6, 6.07) is 13.1. The van der Waals surface area contributed by atoms with Crippen LogP contribution >= 0.6 is 0 Å². The van der Waals surface area contributed by atoms with Crippen molar-refractivity contribution in [1.29, 1.82) is 0 Å². The zero-order chi connectivity index (χ0) is 13.5. The van der Waals surface area contributed by atoms with Crippen LogP contribution in [-0.2, 0) is 0 Å². The van der Waals surface area contributed by atoms with E-state index in [9.17, 15) is 5.11 Å². The summed E-state index contributed by atoms with van der Waals surface area (Å²) in [4.78, 5) is 8.79. The lowest BCUT2D eigenvalue weighted by atomic mass is 10.1. The molecule has 0 aromatic heterocycles. The highest BCUT2D eigenvalue weighted by Crippen LogP contribution is 2.22. The van der Waals surface area contributed by atoms with E-state index < -0.39 is 6.10 Å². The van der Waals surface area contributed by atoms with Crippen LogP contribution < -0.4 is 10.6 Å². The molecule has 2 aliphatic rings. The van der Waals surface area contributed by atoms with Crippen molar-refractivity contribution in [2.24, 2.45) is 20.2 Å². The average molecular weight is 262 g/mol. The molecule has 0 radical (unpaired) electrons. The van der Waals surface area contributed by atoms with Crippen LogP contribution in [0.2, 0.25) is 0 Å². The molecule has 1 atom stereocenters. The van der Waals surface area contributed by atoms with Crippen molar-refractivity contribution < 1.29 is 5.11 Å². The van der Waals surface area contributed by atoms with E-state index in [0.717, 1.165) is 27.5 Å². The Morgan fingerprint density at radius 1 is 0.950 bits per heavy atom. The molecule has 0 bridgehead atoms. The van der Waals surface area contributed by atoms with Gasteiger partial charge in [-0.25, -0.2) is 9.98 Å². The monoisotopic (exact) mass is 262 g/mol. The molecular weight excluding hydrogens is 252 g/mol. The number of fused-ring (bicyclic) bond motifs is 2. The summed E-state index contributed by atoms with van der Waals surface area (Å²) in [6.07, 6.45) is 0.876. The fraction of sp³-hybridized carbons (Fsp3) is 0.0667. The Balaban J connectivity index is 1.77. The molecular formula is C15H10N4O. The molecule has 0 saturated heterocycles. The van der Waals surface area contributed by atoms with E-state index in [1.807, 2.05) is 42.5 Å². The van der Waals surface area contributed by atoms with Crippen molar-refractivity contribution in [2.75, 3.05) is 0 Å². The zero-order valence-electron chi connectivity index (χ0n) is 10.4. The van der Waals surface area contributed by atoms with E-state index in [4.69, 9.17) is 0 Å². The first-order valence-electron chi connectivity index (χ1n) is 6.27. The second-order valence-corrected chi connectivity index (χ2v) is 4.64. The molecule has 2 aromatic carbocycles. The van der Waals surface area contributed by atoms with Gasteiger partial charge in [-0.2, -0.15) is 10.2 Å². The minimum absolute atomic E-state index is 0.409. The van der Waals surface area contributed by atoms with E-state index in [1.165, 1.54) is 0 Å². The molecule has 96 valence electrons. The van der Waals surface area contributed by atoms with Crippen molar-refractivity contribution >= 4 is 23.4 Å². The molecule has 0 spiro atoms. The van der Waals surface area contributed by atoms with Gasteiger partial charge in [-0.05, 0) is 17.7 Å². The van der Waals surface area contributed by atoms with Gasteiger partial charge in [0.2, 0.25) is 0 Å². The average Bonchev–Trinajstić information content (AvgIpc) is 3.10. The Labute approximate surface area is 114 Å². The lowest BCUT2D eigenvalue weighted by Gasteiger charge is -2.07. The minimum Gasteiger partial charge on any atom is -0.380 e. The number of hydrogen-bond donors (Lipinski definition) is 1. The van der Waals surface area contributed by atoms with E-state index in [0.29, 0.717) is 5.84 Å². The van der Waals surface area contributed by atoms with Crippen molar-refractivity contribution in [1.82, 2.24) is 0 Å². The molecule has 0 fully saturated rings. The minimum atomic E-state index is -0.816. The predicted octanol–water partition coefficient (Wildman–Crippen LogP) is 1.92. The van der Waals surface area contributed by atoms with Crippen LogP contribution in [0.1, 0.15) is 11.7 Å². The number of nitrogens with zero attached hydrogens (tertiary/aromatic N) is 4. The maximum atomic E-state index is 10.3. The van der Waals surface area contributed by atoms with Crippen molar-refractivity contribution in [3.8, 4) is 0 Å². The fourth-order valence-electron chi connectivity index (χ4n) is 2.28. The number of aliphatic imine (C=N–C) groups is 1. The Morgan fingerprint density at radius 2 is 1.80 bits per heavy atom. The van der Waals surface area contributed by atoms with Gasteiger partial charge in [0.05, 0.1) is 22.9 Å². The van der Waals surface area contributed by atoms with Crippen molar-refractivity contribution in [2.45, 2.75) is 6.10 Å². The number of rotatable bonds is 2. The van der Waals surface area contributed by atoms with Gasteiger partial charge in [-0.3, -0.25) is 0 Å². The summed E-state index contributed by atoms with van der Waals surface area (Å²) in [5.74, 6) is 0.409. The van der Waals surface area contributed by atoms with Gasteiger partial charge in [0.25, 0.3) is 0 Å². The largest absolute Gasteiger partial charge is 0.380 e. The SMILES string of the molecule is OC(C1=Nc2cc3c(cc2=N1)N=NC=3)c1ccccc1. The highest BCUT2D eigenvalue weighted by atomic mass is 16.3. The molecule has 1 N–H and O–H groups in total. The van der Waals surface area contributed by atoms with Gasteiger partial charge >= 0.3 is 0 Å². The number of azo groups is 1. The molecule has 2 heterocycles. The van der Waals surface area contributed by atoms with Gasteiger partial charge < -0.3 is 5.11 Å². The van der Waals surface area contributed by atoms with Gasteiger partial charge in [-0.1, -0.05) is 30.3 Å². The van der Waals surface area contributed by atoms with Crippen LogP contribution in [0, 0.1) is 0 Å². The third-order valence-electron chi connectivity index (χ3n) is 3.32. The summed E-state index contributed by atoms with van der Waals surface area (Å²) in [7, 11) is 0. The molecule has 5 heteroatoms. The Morgan fingerprint density at radius 3 is 2.65 bits per heavy atom. The topological polar surface area (TPSA) is 69.7 Å². The highest BCUT2D eigenvalue weighted by Gasteiger charge is 2.19. The quantitative estimate of drug-likeness (QED) is 0.882. The molecule has 20 heavy (non-hydrogen) atoms. The van der Waals surface area contributed by atoms with Crippen molar-refractivity contribution in [3.05, 3.63) is 58.6 Å². The van der Waals surface area contributed by atoms with Crippen LogP contribution in [0.4, 0.5) is 11.4 Å². The van der Waals surface area contributed by atoms with Gasteiger partial charge in [0.1, 0.15) is 6.10 Å². The Bertz CT molecular complexity index is 869. The van der Waals surface area contributed by atoms with Crippen molar-refractivity contribution in [3.63, 3.8) is 0 Å².